The van der Waals surface area contributed by atoms with Gasteiger partial charge in [0, 0.05) is 6.04 Å². The molecular weight excluding hydrogens is 192 g/mol. The normalized spacial score (nSPS) is 13.3. The highest BCUT2D eigenvalue weighted by atomic mass is 16.6. The molecule has 0 radical (unpaired) electrons. The molecule has 1 atom stereocenters. The van der Waals surface area contributed by atoms with Crippen LogP contribution in [0.25, 0.3) is 0 Å². The molecule has 0 bridgehead atoms. The highest BCUT2D eigenvalue weighted by molar-refractivity contribution is 5.78. The van der Waals surface area contributed by atoms with Crippen molar-refractivity contribution in [3.63, 3.8) is 0 Å². The molecule has 4 nitrogen and oxygen atoms in total. The molecule has 4 heteroatoms. The largest absolute Gasteiger partial charge is 0.352 e. The fourth-order valence-corrected chi connectivity index (χ4v) is 0.814. The van der Waals surface area contributed by atoms with E-state index in [-0.39, 0.29) is 18.5 Å². The molecule has 0 aliphatic carbocycles. The van der Waals surface area contributed by atoms with Crippen molar-refractivity contribution in [2.75, 3.05) is 13.2 Å². The molecule has 0 aliphatic heterocycles. The molecule has 0 heterocycles. The van der Waals surface area contributed by atoms with Gasteiger partial charge in [-0.1, -0.05) is 27.7 Å². The molecule has 0 aromatic carbocycles. The van der Waals surface area contributed by atoms with Crippen LogP contribution in [0.3, 0.4) is 0 Å². The molecule has 2 N–H and O–H groups in total. The van der Waals surface area contributed by atoms with Gasteiger partial charge in [-0.3, -0.25) is 4.79 Å². The third-order valence-corrected chi connectivity index (χ3v) is 2.14. The van der Waals surface area contributed by atoms with Crippen molar-refractivity contribution >= 4 is 5.91 Å². The number of amides is 1. The molecule has 0 spiro atoms. The third kappa shape index (κ3) is 8.39. The Bertz CT molecular complexity index is 181. The summed E-state index contributed by atoms with van der Waals surface area (Å²) in [5.74, 6) is 0.889. The maximum Gasteiger partial charge on any atom is 0.236 e. The van der Waals surface area contributed by atoms with Crippen LogP contribution < -0.4 is 10.8 Å². The van der Waals surface area contributed by atoms with Gasteiger partial charge in [0.25, 0.3) is 0 Å². The summed E-state index contributed by atoms with van der Waals surface area (Å²) in [6.45, 7) is 11.1. The molecule has 15 heavy (non-hydrogen) atoms. The van der Waals surface area contributed by atoms with Gasteiger partial charge < -0.3 is 10.2 Å². The van der Waals surface area contributed by atoms with Gasteiger partial charge >= 0.3 is 0 Å². The lowest BCUT2D eigenvalue weighted by Gasteiger charge is -2.17. The number of hydroxylamine groups is 1. The average Bonchev–Trinajstić information content (AvgIpc) is 2.12. The molecule has 90 valence electrons. The van der Waals surface area contributed by atoms with Crippen LogP contribution in [0.15, 0.2) is 0 Å². The Morgan fingerprint density at radius 1 is 1.20 bits per heavy atom. The Balaban J connectivity index is 3.49. The Morgan fingerprint density at radius 2 is 1.80 bits per heavy atom. The van der Waals surface area contributed by atoms with E-state index < -0.39 is 0 Å². The van der Waals surface area contributed by atoms with E-state index in [0.29, 0.717) is 18.4 Å². The predicted molar refractivity (Wildman–Crippen MR) is 61.2 cm³/mol. The minimum Gasteiger partial charge on any atom is -0.352 e. The minimum absolute atomic E-state index is 0.0278. The molecule has 0 rings (SSSR count). The second kappa shape index (κ2) is 7.65. The lowest BCUT2D eigenvalue weighted by Crippen LogP contribution is -2.41. The summed E-state index contributed by atoms with van der Waals surface area (Å²) in [6, 6.07) is 0.199. The van der Waals surface area contributed by atoms with E-state index in [1.165, 1.54) is 0 Å². The lowest BCUT2D eigenvalue weighted by molar-refractivity contribution is -0.124. The predicted octanol–water partition coefficient (Wildman–Crippen LogP) is 1.32. The molecule has 0 aromatic rings. The van der Waals surface area contributed by atoms with E-state index in [4.69, 9.17) is 4.84 Å². The van der Waals surface area contributed by atoms with Crippen LogP contribution in [-0.2, 0) is 9.63 Å². The Morgan fingerprint density at radius 3 is 2.27 bits per heavy atom. The van der Waals surface area contributed by atoms with E-state index >= 15 is 0 Å². The number of rotatable bonds is 7. The zero-order valence-corrected chi connectivity index (χ0v) is 10.5. The molecule has 0 saturated heterocycles. The highest BCUT2D eigenvalue weighted by Gasteiger charge is 2.10. The maximum absolute atomic E-state index is 11.3. The standard InChI is InChI=1S/C11H24N2O2/c1-8(2)7-15-12-6-11(14)13-10(5)9(3)4/h8-10,12H,6-7H2,1-5H3,(H,13,14). The van der Waals surface area contributed by atoms with Crippen LogP contribution in [0.2, 0.25) is 0 Å². The summed E-state index contributed by atoms with van der Waals surface area (Å²) in [4.78, 5) is 16.4. The van der Waals surface area contributed by atoms with E-state index in [9.17, 15) is 4.79 Å². The van der Waals surface area contributed by atoms with E-state index in [0.717, 1.165) is 0 Å². The van der Waals surface area contributed by atoms with Gasteiger partial charge in [0.2, 0.25) is 5.91 Å². The van der Waals surface area contributed by atoms with E-state index in [2.05, 4.69) is 38.5 Å². The van der Waals surface area contributed by atoms with Crippen LogP contribution in [-0.4, -0.2) is 25.1 Å². The SMILES string of the molecule is CC(C)CONCC(=O)NC(C)C(C)C. The van der Waals surface area contributed by atoms with Crippen LogP contribution in [0.1, 0.15) is 34.6 Å². The van der Waals surface area contributed by atoms with Crippen molar-refractivity contribution in [2.24, 2.45) is 11.8 Å². The number of hydrogen-bond donors (Lipinski definition) is 2. The Hall–Kier alpha value is -0.610. The quantitative estimate of drug-likeness (QED) is 0.498. The summed E-state index contributed by atoms with van der Waals surface area (Å²) in [7, 11) is 0. The minimum atomic E-state index is -0.0278. The van der Waals surface area contributed by atoms with Crippen molar-refractivity contribution in [3.05, 3.63) is 0 Å². The molecule has 1 amide bonds. The monoisotopic (exact) mass is 216 g/mol. The van der Waals surface area contributed by atoms with Gasteiger partial charge in [0.15, 0.2) is 0 Å². The number of nitrogens with one attached hydrogen (secondary N) is 2. The fourth-order valence-electron chi connectivity index (χ4n) is 0.814. The topological polar surface area (TPSA) is 50.4 Å². The van der Waals surface area contributed by atoms with Crippen molar-refractivity contribution in [3.8, 4) is 0 Å². The first-order valence-corrected chi connectivity index (χ1v) is 5.57. The second-order valence-electron chi connectivity index (χ2n) is 4.63. The molecule has 1 unspecified atom stereocenters. The smallest absolute Gasteiger partial charge is 0.236 e. The molecule has 0 fully saturated rings. The van der Waals surface area contributed by atoms with Gasteiger partial charge in [-0.2, -0.15) is 5.48 Å². The molecule has 0 aliphatic rings. The van der Waals surface area contributed by atoms with Crippen LogP contribution in [0.5, 0.6) is 0 Å². The van der Waals surface area contributed by atoms with Crippen molar-refractivity contribution in [1.82, 2.24) is 10.8 Å². The van der Waals surface area contributed by atoms with Gasteiger partial charge in [-0.05, 0) is 18.8 Å². The fraction of sp³-hybridized carbons (Fsp3) is 0.909. The first-order chi connectivity index (χ1) is 6.93. The highest BCUT2D eigenvalue weighted by Crippen LogP contribution is 1.98. The van der Waals surface area contributed by atoms with Crippen molar-refractivity contribution in [2.45, 2.75) is 40.7 Å². The number of carbonyl (C=O) groups is 1. The first kappa shape index (κ1) is 14.4. The van der Waals surface area contributed by atoms with E-state index in [1.54, 1.807) is 0 Å². The van der Waals surface area contributed by atoms with E-state index in [1.807, 2.05) is 6.92 Å². The summed E-state index contributed by atoms with van der Waals surface area (Å²) in [5.41, 5.74) is 2.65. The van der Waals surface area contributed by atoms with Crippen molar-refractivity contribution in [1.29, 1.82) is 0 Å². The third-order valence-electron chi connectivity index (χ3n) is 2.14. The van der Waals surface area contributed by atoms with Crippen LogP contribution in [0, 0.1) is 11.8 Å². The average molecular weight is 216 g/mol. The van der Waals surface area contributed by atoms with Crippen molar-refractivity contribution < 1.29 is 9.63 Å². The van der Waals surface area contributed by atoms with Crippen LogP contribution in [0.4, 0.5) is 0 Å². The zero-order chi connectivity index (χ0) is 11.8. The summed E-state index contributed by atoms with van der Waals surface area (Å²) in [5, 5.41) is 2.89. The second-order valence-corrected chi connectivity index (χ2v) is 4.63. The molecule has 0 saturated carbocycles. The summed E-state index contributed by atoms with van der Waals surface area (Å²) in [6.07, 6.45) is 0. The van der Waals surface area contributed by atoms with Gasteiger partial charge in [-0.15, -0.1) is 0 Å². The maximum atomic E-state index is 11.3. The lowest BCUT2D eigenvalue weighted by atomic mass is 10.1. The summed E-state index contributed by atoms with van der Waals surface area (Å²) < 4.78 is 0. The summed E-state index contributed by atoms with van der Waals surface area (Å²) >= 11 is 0. The number of carbonyl (C=O) groups excluding carboxylic acids is 1. The van der Waals surface area contributed by atoms with Crippen LogP contribution >= 0.6 is 0 Å². The first-order valence-electron chi connectivity index (χ1n) is 5.57. The Kier molecular flexibility index (Phi) is 7.34. The van der Waals surface area contributed by atoms with Gasteiger partial charge in [0.1, 0.15) is 0 Å². The zero-order valence-electron chi connectivity index (χ0n) is 10.5. The van der Waals surface area contributed by atoms with Gasteiger partial charge in [-0.25, -0.2) is 0 Å². The Labute approximate surface area is 92.7 Å². The molecule has 0 aromatic heterocycles. The number of hydrogen-bond acceptors (Lipinski definition) is 3. The molecular formula is C11H24N2O2. The van der Waals surface area contributed by atoms with Gasteiger partial charge in [0.05, 0.1) is 13.2 Å².